The summed E-state index contributed by atoms with van der Waals surface area (Å²) in [5.74, 6) is 0.511. The Bertz CT molecular complexity index is 863. The van der Waals surface area contributed by atoms with Crippen LogP contribution in [-0.4, -0.2) is 25.5 Å². The number of halogens is 1. The van der Waals surface area contributed by atoms with Crippen LogP contribution >= 0.6 is 11.6 Å². The number of benzene rings is 1. The van der Waals surface area contributed by atoms with Gasteiger partial charge in [-0.15, -0.1) is 0 Å². The average molecular weight is 438 g/mol. The summed E-state index contributed by atoms with van der Waals surface area (Å²) in [4.78, 5) is 10.6. The first-order valence-corrected chi connectivity index (χ1v) is 12.1. The second kappa shape index (κ2) is 9.92. The molecule has 3 rings (SSSR count). The molecule has 2 fully saturated rings. The van der Waals surface area contributed by atoms with Crippen molar-refractivity contribution >= 4 is 33.7 Å². The van der Waals surface area contributed by atoms with Crippen LogP contribution in [0.4, 0.5) is 0 Å². The zero-order valence-corrected chi connectivity index (χ0v) is 17.9. The third kappa shape index (κ3) is 6.43. The second-order valence-corrected chi connectivity index (χ2v) is 10.1. The van der Waals surface area contributed by atoms with Gasteiger partial charge in [-0.25, -0.2) is 13.1 Å². The quantitative estimate of drug-likeness (QED) is 0.405. The Labute approximate surface area is 177 Å². The average Bonchev–Trinajstić information content (AvgIpc) is 3.26. The highest BCUT2D eigenvalue weighted by molar-refractivity contribution is 7.92. The summed E-state index contributed by atoms with van der Waals surface area (Å²) in [5.41, 5.74) is 0.786. The zero-order chi connectivity index (χ0) is 20.9. The molecule has 2 saturated carbocycles. The minimum atomic E-state index is -3.53. The van der Waals surface area contributed by atoms with Crippen molar-refractivity contribution in [3.8, 4) is 0 Å². The molecule has 1 aromatic rings. The molecule has 7 heteroatoms. The molecule has 0 saturated heterocycles. The van der Waals surface area contributed by atoms with Gasteiger partial charge in [0.05, 0.1) is 0 Å². The summed E-state index contributed by atoms with van der Waals surface area (Å²) < 4.78 is 28.2. The molecule has 158 valence electrons. The first kappa shape index (κ1) is 22.1. The van der Waals surface area contributed by atoms with Crippen molar-refractivity contribution in [2.24, 2.45) is 17.8 Å². The molecule has 0 amide bonds. The first-order chi connectivity index (χ1) is 13.8. The van der Waals surface area contributed by atoms with Gasteiger partial charge in [0.15, 0.2) is 0 Å². The molecular formula is C22H28ClNO4S. The van der Waals surface area contributed by atoms with Gasteiger partial charge in [-0.2, -0.15) is 0 Å². The summed E-state index contributed by atoms with van der Waals surface area (Å²) in [5, 5.41) is 10.5. The predicted molar refractivity (Wildman–Crippen MR) is 116 cm³/mol. The van der Waals surface area contributed by atoms with Gasteiger partial charge in [0.25, 0.3) is 0 Å². The number of unbranched alkanes of at least 4 members (excludes halogenated alkanes) is 1. The topological polar surface area (TPSA) is 83.5 Å². The molecule has 5 nitrogen and oxygen atoms in total. The van der Waals surface area contributed by atoms with Crippen molar-refractivity contribution in [1.29, 1.82) is 0 Å². The molecule has 2 aliphatic rings. The Morgan fingerprint density at radius 2 is 1.90 bits per heavy atom. The van der Waals surface area contributed by atoms with Crippen LogP contribution < -0.4 is 4.72 Å². The van der Waals surface area contributed by atoms with Crippen molar-refractivity contribution in [1.82, 2.24) is 4.72 Å². The number of aliphatic carboxylic acids is 1. The van der Waals surface area contributed by atoms with Crippen LogP contribution in [0, 0.1) is 17.8 Å². The fourth-order valence-electron chi connectivity index (χ4n) is 4.65. The number of carboxylic acid groups (broad SMARTS) is 1. The molecule has 2 bridgehead atoms. The summed E-state index contributed by atoms with van der Waals surface area (Å²) in [6.45, 7) is 0. The van der Waals surface area contributed by atoms with E-state index >= 15 is 0 Å². The fraction of sp³-hybridized carbons (Fsp3) is 0.500. The Morgan fingerprint density at radius 1 is 1.17 bits per heavy atom. The first-order valence-electron chi connectivity index (χ1n) is 10.2. The lowest BCUT2D eigenvalue weighted by molar-refractivity contribution is -0.137. The number of rotatable bonds is 10. The molecule has 29 heavy (non-hydrogen) atoms. The van der Waals surface area contributed by atoms with Crippen LogP contribution in [-0.2, 0) is 14.8 Å². The number of carbonyl (C=O) groups is 1. The van der Waals surface area contributed by atoms with Gasteiger partial charge < -0.3 is 5.11 Å². The Balaban J connectivity index is 1.58. The minimum Gasteiger partial charge on any atom is -0.481 e. The Hall–Kier alpha value is -1.63. The number of nitrogens with one attached hydrogen (secondary N) is 1. The summed E-state index contributed by atoms with van der Waals surface area (Å²) >= 11 is 5.86. The van der Waals surface area contributed by atoms with Crippen LogP contribution in [0.1, 0.15) is 50.5 Å². The Morgan fingerprint density at radius 3 is 2.62 bits per heavy atom. The third-order valence-electron chi connectivity index (χ3n) is 6.03. The van der Waals surface area contributed by atoms with Gasteiger partial charge in [0, 0.05) is 22.9 Å². The molecule has 0 aliphatic heterocycles. The standard InChI is InChI=1S/C22H28ClNO4S/c23-19-11-7-16(8-12-19)13-14-29(27,28)24-22-18-10-9-17(15-18)20(22)5-3-1-2-4-6-21(25)26/h1,3,7-8,11-14,17-18,20,22,24H,2,4-6,9-10,15H2,(H,25,26). The lowest BCUT2D eigenvalue weighted by Crippen LogP contribution is -2.43. The number of allylic oxidation sites excluding steroid dienone is 2. The highest BCUT2D eigenvalue weighted by Gasteiger charge is 2.47. The number of fused-ring (bicyclic) bond motifs is 2. The molecule has 2 N–H and O–H groups in total. The van der Waals surface area contributed by atoms with E-state index in [4.69, 9.17) is 16.7 Å². The summed E-state index contributed by atoms with van der Waals surface area (Å²) in [6, 6.07) is 7.00. The van der Waals surface area contributed by atoms with E-state index in [2.05, 4.69) is 10.8 Å². The molecule has 4 unspecified atom stereocenters. The lowest BCUT2D eigenvalue weighted by atomic mass is 9.83. The number of carboxylic acids is 1. The van der Waals surface area contributed by atoms with Crippen molar-refractivity contribution in [2.45, 2.75) is 51.0 Å². The van der Waals surface area contributed by atoms with E-state index in [0.717, 1.165) is 31.2 Å². The highest BCUT2D eigenvalue weighted by atomic mass is 35.5. The van der Waals surface area contributed by atoms with Crippen molar-refractivity contribution in [3.05, 3.63) is 52.4 Å². The van der Waals surface area contributed by atoms with Gasteiger partial charge in [-0.3, -0.25) is 4.79 Å². The van der Waals surface area contributed by atoms with E-state index in [1.165, 1.54) is 11.8 Å². The van der Waals surface area contributed by atoms with Crippen molar-refractivity contribution in [2.75, 3.05) is 0 Å². The van der Waals surface area contributed by atoms with Gasteiger partial charge >= 0.3 is 5.97 Å². The van der Waals surface area contributed by atoms with E-state index in [9.17, 15) is 13.2 Å². The molecule has 0 spiro atoms. The smallest absolute Gasteiger partial charge is 0.303 e. The van der Waals surface area contributed by atoms with E-state index in [-0.39, 0.29) is 12.5 Å². The second-order valence-electron chi connectivity index (χ2n) is 8.03. The maximum absolute atomic E-state index is 12.6. The van der Waals surface area contributed by atoms with Crippen molar-refractivity contribution < 1.29 is 18.3 Å². The van der Waals surface area contributed by atoms with E-state index in [1.54, 1.807) is 30.3 Å². The number of hydrogen-bond donors (Lipinski definition) is 2. The SMILES string of the molecule is O=C(O)CCCC=CCC1C2CCC(C2)C1NS(=O)(=O)C=Cc1ccc(Cl)cc1. The monoisotopic (exact) mass is 437 g/mol. The van der Waals surface area contributed by atoms with Crippen LogP contribution in [0.2, 0.25) is 5.02 Å². The Kier molecular flexibility index (Phi) is 7.55. The van der Waals surface area contributed by atoms with E-state index in [1.807, 2.05) is 6.08 Å². The largest absolute Gasteiger partial charge is 0.481 e. The fourth-order valence-corrected chi connectivity index (χ4v) is 5.93. The van der Waals surface area contributed by atoms with Crippen LogP contribution in [0.25, 0.3) is 6.08 Å². The highest BCUT2D eigenvalue weighted by Crippen LogP contribution is 2.50. The molecule has 2 aliphatic carbocycles. The van der Waals surface area contributed by atoms with Gasteiger partial charge in [-0.1, -0.05) is 35.9 Å². The van der Waals surface area contributed by atoms with Gasteiger partial charge in [0.1, 0.15) is 0 Å². The van der Waals surface area contributed by atoms with Gasteiger partial charge in [-0.05, 0) is 80.1 Å². The normalized spacial score (nSPS) is 26.7. The minimum absolute atomic E-state index is 0.0303. The van der Waals surface area contributed by atoms with Crippen molar-refractivity contribution in [3.63, 3.8) is 0 Å². The van der Waals surface area contributed by atoms with Crippen LogP contribution in [0.5, 0.6) is 0 Å². The van der Waals surface area contributed by atoms with Crippen LogP contribution in [0.3, 0.4) is 0 Å². The summed E-state index contributed by atoms with van der Waals surface area (Å²) in [6.07, 6.45) is 11.4. The predicted octanol–water partition coefficient (Wildman–Crippen LogP) is 4.85. The maximum Gasteiger partial charge on any atom is 0.303 e. The van der Waals surface area contributed by atoms with Gasteiger partial charge in [0.2, 0.25) is 10.0 Å². The molecule has 4 atom stereocenters. The third-order valence-corrected chi connectivity index (χ3v) is 7.38. The molecule has 0 aromatic heterocycles. The van der Waals surface area contributed by atoms with E-state index < -0.39 is 16.0 Å². The molecule has 1 aromatic carbocycles. The van der Waals surface area contributed by atoms with Crippen LogP contribution in [0.15, 0.2) is 41.8 Å². The summed E-state index contributed by atoms with van der Waals surface area (Å²) in [7, 11) is -3.53. The van der Waals surface area contributed by atoms with E-state index in [0.29, 0.717) is 29.2 Å². The number of hydrogen-bond acceptors (Lipinski definition) is 3. The molecule has 0 radical (unpaired) electrons. The number of sulfonamides is 1. The zero-order valence-electron chi connectivity index (χ0n) is 16.3. The molecular weight excluding hydrogens is 410 g/mol. The maximum atomic E-state index is 12.6. The lowest BCUT2D eigenvalue weighted by Gasteiger charge is -2.30. The molecule has 0 heterocycles.